The zero-order valence-corrected chi connectivity index (χ0v) is 27.7. The minimum absolute atomic E-state index is 0.956. The van der Waals surface area contributed by atoms with Gasteiger partial charge in [-0.25, -0.2) is 0 Å². The quantitative estimate of drug-likeness (QED) is 0.205. The lowest BCUT2D eigenvalue weighted by Crippen LogP contribution is -1.91. The van der Waals surface area contributed by atoms with E-state index in [0.29, 0.717) is 0 Å². The van der Waals surface area contributed by atoms with Crippen molar-refractivity contribution in [3.63, 3.8) is 0 Å². The molecule has 0 aliphatic rings. The number of ether oxygens (including phenoxy) is 5. The summed E-state index contributed by atoms with van der Waals surface area (Å²) in [4.78, 5) is 0. The number of para-hydroxylation sites is 1. The molecule has 0 saturated heterocycles. The summed E-state index contributed by atoms with van der Waals surface area (Å²) in [5.41, 5.74) is 3.77. The smallest absolute Gasteiger partial charge is 0.122 e. The van der Waals surface area contributed by atoms with Crippen molar-refractivity contribution in [2.45, 2.75) is 33.6 Å². The van der Waals surface area contributed by atoms with Crippen molar-refractivity contribution in [2.24, 2.45) is 0 Å². The average Bonchev–Trinajstić information content (AvgIpc) is 3.05. The number of hydrogen-bond donors (Lipinski definition) is 0. The van der Waals surface area contributed by atoms with E-state index >= 15 is 0 Å². The SMILES string of the molecule is CCc1c(OC)ccc2ccccc12.CCc1c(OC)ccc2ccccc12.COC.COC.COc1ccccc1C. The van der Waals surface area contributed by atoms with Gasteiger partial charge < -0.3 is 23.7 Å². The fourth-order valence-corrected chi connectivity index (χ4v) is 4.53. The van der Waals surface area contributed by atoms with Gasteiger partial charge in [-0.3, -0.25) is 0 Å². The highest BCUT2D eigenvalue weighted by atomic mass is 16.5. The van der Waals surface area contributed by atoms with Gasteiger partial charge in [0.25, 0.3) is 0 Å². The molecule has 0 atom stereocenters. The molecule has 232 valence electrons. The first-order valence-corrected chi connectivity index (χ1v) is 14.4. The predicted molar refractivity (Wildman–Crippen MR) is 183 cm³/mol. The topological polar surface area (TPSA) is 46.2 Å². The third-order valence-corrected chi connectivity index (χ3v) is 6.46. The molecule has 0 N–H and O–H groups in total. The zero-order valence-electron chi connectivity index (χ0n) is 27.7. The number of rotatable bonds is 5. The molecule has 0 saturated carbocycles. The first-order chi connectivity index (χ1) is 20.9. The molecule has 43 heavy (non-hydrogen) atoms. The summed E-state index contributed by atoms with van der Waals surface area (Å²) >= 11 is 0. The third kappa shape index (κ3) is 11.6. The van der Waals surface area contributed by atoms with E-state index in [1.807, 2.05) is 43.3 Å². The first kappa shape index (κ1) is 37.0. The summed E-state index contributed by atoms with van der Waals surface area (Å²) in [5.74, 6) is 2.94. The highest BCUT2D eigenvalue weighted by molar-refractivity contribution is 5.88. The molecule has 5 heteroatoms. The van der Waals surface area contributed by atoms with Gasteiger partial charge in [-0.15, -0.1) is 0 Å². The van der Waals surface area contributed by atoms with Crippen molar-refractivity contribution in [1.82, 2.24) is 0 Å². The van der Waals surface area contributed by atoms with E-state index in [1.54, 1.807) is 49.8 Å². The van der Waals surface area contributed by atoms with Crippen LogP contribution >= 0.6 is 0 Å². The summed E-state index contributed by atoms with van der Waals surface area (Å²) in [6.07, 6.45) is 2.01. The summed E-state index contributed by atoms with van der Waals surface area (Å²) < 4.78 is 24.2. The molecule has 0 heterocycles. The fourth-order valence-electron chi connectivity index (χ4n) is 4.53. The van der Waals surface area contributed by atoms with Gasteiger partial charge in [0.2, 0.25) is 0 Å². The van der Waals surface area contributed by atoms with Crippen LogP contribution in [0.1, 0.15) is 30.5 Å². The lowest BCUT2D eigenvalue weighted by molar-refractivity contribution is 0.277. The largest absolute Gasteiger partial charge is 0.496 e. The second-order valence-corrected chi connectivity index (χ2v) is 9.43. The zero-order chi connectivity index (χ0) is 32.0. The second kappa shape index (κ2) is 21.6. The molecule has 0 fully saturated rings. The molecule has 0 radical (unpaired) electrons. The number of aryl methyl sites for hydroxylation is 3. The number of methoxy groups -OCH3 is 5. The molecule has 5 rings (SSSR count). The normalized spacial score (nSPS) is 9.53. The molecule has 0 unspecified atom stereocenters. The monoisotopic (exact) mass is 586 g/mol. The summed E-state index contributed by atoms with van der Waals surface area (Å²) in [5, 5.41) is 5.17. The Balaban J connectivity index is 0.000000301. The Morgan fingerprint density at radius 3 is 1.09 bits per heavy atom. The Morgan fingerprint density at radius 2 is 0.767 bits per heavy atom. The molecule has 5 aromatic carbocycles. The van der Waals surface area contributed by atoms with E-state index in [9.17, 15) is 0 Å². The van der Waals surface area contributed by atoms with Crippen LogP contribution in [-0.4, -0.2) is 49.8 Å². The van der Waals surface area contributed by atoms with Crippen molar-refractivity contribution in [1.29, 1.82) is 0 Å². The summed E-state index contributed by atoms with van der Waals surface area (Å²) in [6.45, 7) is 6.34. The highest BCUT2D eigenvalue weighted by Gasteiger charge is 2.06. The lowest BCUT2D eigenvalue weighted by atomic mass is 10.0. The minimum Gasteiger partial charge on any atom is -0.496 e. The number of hydrogen-bond acceptors (Lipinski definition) is 5. The average molecular weight is 587 g/mol. The lowest BCUT2D eigenvalue weighted by Gasteiger charge is -2.09. The van der Waals surface area contributed by atoms with Gasteiger partial charge in [-0.05, 0) is 65.1 Å². The fraction of sp³-hybridized carbons (Fsp3) is 0.316. The number of benzene rings is 5. The van der Waals surface area contributed by atoms with Gasteiger partial charge in [-0.2, -0.15) is 0 Å². The third-order valence-electron chi connectivity index (χ3n) is 6.46. The van der Waals surface area contributed by atoms with Gasteiger partial charge in [-0.1, -0.05) is 92.7 Å². The first-order valence-electron chi connectivity index (χ1n) is 14.4. The van der Waals surface area contributed by atoms with Gasteiger partial charge >= 0.3 is 0 Å². The molecule has 0 aromatic heterocycles. The van der Waals surface area contributed by atoms with Crippen LogP contribution in [0, 0.1) is 6.92 Å². The van der Waals surface area contributed by atoms with Gasteiger partial charge in [0.1, 0.15) is 17.2 Å². The van der Waals surface area contributed by atoms with Crippen molar-refractivity contribution in [3.8, 4) is 17.2 Å². The van der Waals surface area contributed by atoms with Gasteiger partial charge in [0, 0.05) is 39.6 Å². The molecule has 0 spiro atoms. The maximum Gasteiger partial charge on any atom is 0.122 e. The Hall–Kier alpha value is -4.06. The van der Waals surface area contributed by atoms with Crippen LogP contribution in [0.4, 0.5) is 0 Å². The molecule has 5 nitrogen and oxygen atoms in total. The summed E-state index contributed by atoms with van der Waals surface area (Å²) in [7, 11) is 11.6. The van der Waals surface area contributed by atoms with Crippen LogP contribution in [0.5, 0.6) is 17.2 Å². The Bertz CT molecular complexity index is 1370. The van der Waals surface area contributed by atoms with Crippen LogP contribution in [0.25, 0.3) is 21.5 Å². The van der Waals surface area contributed by atoms with E-state index in [4.69, 9.17) is 14.2 Å². The van der Waals surface area contributed by atoms with E-state index in [-0.39, 0.29) is 0 Å². The second-order valence-electron chi connectivity index (χ2n) is 9.43. The van der Waals surface area contributed by atoms with Crippen LogP contribution in [0.15, 0.2) is 97.1 Å². The van der Waals surface area contributed by atoms with Gasteiger partial charge in [0.05, 0.1) is 21.3 Å². The maximum atomic E-state index is 5.34. The van der Waals surface area contributed by atoms with Crippen LogP contribution in [-0.2, 0) is 22.3 Å². The highest BCUT2D eigenvalue weighted by Crippen LogP contribution is 2.29. The summed E-state index contributed by atoms with van der Waals surface area (Å²) in [6, 6.07) is 33.1. The molecule has 0 aliphatic heterocycles. The van der Waals surface area contributed by atoms with Gasteiger partial charge in [0.15, 0.2) is 0 Å². The van der Waals surface area contributed by atoms with E-state index in [0.717, 1.165) is 30.1 Å². The number of fused-ring (bicyclic) bond motifs is 2. The Morgan fingerprint density at radius 1 is 0.419 bits per heavy atom. The predicted octanol–water partition coefficient (Wildman–Crippen LogP) is 9.35. The van der Waals surface area contributed by atoms with E-state index < -0.39 is 0 Å². The molecule has 0 aliphatic carbocycles. The Kier molecular flexibility index (Phi) is 18.6. The molecular formula is C38H50O5. The molecule has 0 bridgehead atoms. The maximum absolute atomic E-state index is 5.34. The van der Waals surface area contributed by atoms with E-state index in [1.165, 1.54) is 38.2 Å². The molecular weight excluding hydrogens is 536 g/mol. The van der Waals surface area contributed by atoms with Crippen molar-refractivity contribution in [2.75, 3.05) is 49.8 Å². The standard InChI is InChI=1S/2C13H14O.C8H10O.2C2H6O/c2*1-3-11-12-7-5-4-6-10(12)8-9-13(11)14-2;1-7-5-3-4-6-8(7)9-2;2*1-3-2/h2*4-9H,3H2,1-2H3;3-6H,1-2H3;2*1-2H3. The Labute approximate surface area is 259 Å². The van der Waals surface area contributed by atoms with Crippen molar-refractivity contribution >= 4 is 21.5 Å². The van der Waals surface area contributed by atoms with Crippen LogP contribution < -0.4 is 14.2 Å². The van der Waals surface area contributed by atoms with Crippen LogP contribution in [0.3, 0.4) is 0 Å². The molecule has 5 aromatic rings. The van der Waals surface area contributed by atoms with Crippen molar-refractivity contribution < 1.29 is 23.7 Å². The van der Waals surface area contributed by atoms with Crippen molar-refractivity contribution in [3.05, 3.63) is 114 Å². The molecule has 0 amide bonds. The minimum atomic E-state index is 0.956. The van der Waals surface area contributed by atoms with Crippen LogP contribution in [0.2, 0.25) is 0 Å². The van der Waals surface area contributed by atoms with E-state index in [2.05, 4.69) is 84.0 Å².